The number of thiophene rings is 1. The van der Waals surface area contributed by atoms with Crippen LogP contribution in [0.25, 0.3) is 0 Å². The molecule has 1 aromatic carbocycles. The van der Waals surface area contributed by atoms with Gasteiger partial charge in [-0.05, 0) is 50.5 Å². The first-order chi connectivity index (χ1) is 17.9. The molecular formula is C24H28N8O4S. The average Bonchev–Trinajstić information content (AvgIpc) is 3.59. The quantitative estimate of drug-likeness (QED) is 0.173. The van der Waals surface area contributed by atoms with Gasteiger partial charge in [-0.3, -0.25) is 14.9 Å². The van der Waals surface area contributed by atoms with Crippen LogP contribution in [0.15, 0.2) is 42.6 Å². The fourth-order valence-electron chi connectivity index (χ4n) is 3.74. The topological polar surface area (TPSA) is 154 Å². The van der Waals surface area contributed by atoms with Crippen LogP contribution in [0.2, 0.25) is 0 Å². The fourth-order valence-corrected chi connectivity index (χ4v) is 4.48. The van der Waals surface area contributed by atoms with Crippen molar-refractivity contribution in [1.29, 1.82) is 0 Å². The van der Waals surface area contributed by atoms with Crippen LogP contribution in [-0.2, 0) is 0 Å². The predicted molar refractivity (Wildman–Crippen MR) is 143 cm³/mol. The number of nitro groups is 1. The lowest BCUT2D eigenvalue weighted by molar-refractivity contribution is -0.380. The molecule has 0 saturated carbocycles. The maximum absolute atomic E-state index is 12.4. The van der Waals surface area contributed by atoms with Gasteiger partial charge in [0.2, 0.25) is 5.95 Å². The van der Waals surface area contributed by atoms with Crippen LogP contribution in [0.3, 0.4) is 0 Å². The molecule has 1 saturated heterocycles. The summed E-state index contributed by atoms with van der Waals surface area (Å²) < 4.78 is 0. The number of anilines is 4. The van der Waals surface area contributed by atoms with Crippen molar-refractivity contribution in [2.75, 3.05) is 42.1 Å². The summed E-state index contributed by atoms with van der Waals surface area (Å²) in [4.78, 5) is 45.8. The van der Waals surface area contributed by atoms with Crippen LogP contribution in [0.5, 0.6) is 0 Å². The van der Waals surface area contributed by atoms with Crippen molar-refractivity contribution < 1.29 is 14.5 Å². The number of urea groups is 1. The minimum atomic E-state index is -0.511. The number of nitrogens with one attached hydrogen (secondary N) is 4. The SMILES string of the molecule is Cc1cnc(Nc2cccc(NC(=O)N3CCCC3)c2)nc1NCCCNC(=O)c1ccc([N+](=O)[O-])s1. The van der Waals surface area contributed by atoms with E-state index in [9.17, 15) is 19.7 Å². The standard InChI is InChI=1S/C24H28N8O4S/c1-16-15-27-23(28-17-6-4-7-18(14-17)29-24(34)31-12-2-3-13-31)30-21(16)25-10-5-11-26-22(33)19-8-9-20(37-19)32(35)36/h4,6-9,14-15H,2-3,5,10-13H2,1H3,(H,26,33)(H,29,34)(H2,25,27,28,30). The molecule has 13 heteroatoms. The third-order valence-electron chi connectivity index (χ3n) is 5.66. The second-order valence-corrected chi connectivity index (χ2v) is 9.55. The summed E-state index contributed by atoms with van der Waals surface area (Å²) in [6.45, 7) is 4.42. The Balaban J connectivity index is 1.26. The van der Waals surface area contributed by atoms with E-state index in [1.54, 1.807) is 11.1 Å². The minimum Gasteiger partial charge on any atom is -0.370 e. The van der Waals surface area contributed by atoms with E-state index in [1.807, 2.05) is 31.2 Å². The largest absolute Gasteiger partial charge is 0.370 e. The molecule has 3 heterocycles. The van der Waals surface area contributed by atoms with Gasteiger partial charge >= 0.3 is 11.0 Å². The molecule has 0 unspecified atom stereocenters. The van der Waals surface area contributed by atoms with Gasteiger partial charge in [-0.25, -0.2) is 9.78 Å². The van der Waals surface area contributed by atoms with Gasteiger partial charge in [0.15, 0.2) is 0 Å². The van der Waals surface area contributed by atoms with Crippen LogP contribution >= 0.6 is 11.3 Å². The number of hydrogen-bond donors (Lipinski definition) is 4. The van der Waals surface area contributed by atoms with E-state index in [4.69, 9.17) is 0 Å². The summed E-state index contributed by atoms with van der Waals surface area (Å²) in [6.07, 6.45) is 4.41. The Bertz CT molecular complexity index is 1280. The van der Waals surface area contributed by atoms with Crippen molar-refractivity contribution in [2.24, 2.45) is 0 Å². The number of aryl methyl sites for hydroxylation is 1. The molecule has 0 spiro atoms. The van der Waals surface area contributed by atoms with E-state index in [2.05, 4.69) is 31.2 Å². The molecule has 3 amide bonds. The summed E-state index contributed by atoms with van der Waals surface area (Å²) in [7, 11) is 0. The van der Waals surface area contributed by atoms with E-state index in [-0.39, 0.29) is 16.9 Å². The highest BCUT2D eigenvalue weighted by Gasteiger charge is 2.18. The van der Waals surface area contributed by atoms with E-state index < -0.39 is 4.92 Å². The maximum atomic E-state index is 12.4. The Kier molecular flexibility index (Phi) is 8.46. The molecule has 0 bridgehead atoms. The van der Waals surface area contributed by atoms with Crippen molar-refractivity contribution >= 4 is 51.4 Å². The number of likely N-dealkylation sites (tertiary alicyclic amines) is 1. The first kappa shape index (κ1) is 25.8. The lowest BCUT2D eigenvalue weighted by Gasteiger charge is -2.16. The number of benzene rings is 1. The second kappa shape index (κ2) is 12.1. The Hall–Kier alpha value is -4.26. The highest BCUT2D eigenvalue weighted by molar-refractivity contribution is 7.17. The number of hydrogen-bond acceptors (Lipinski definition) is 9. The summed E-state index contributed by atoms with van der Waals surface area (Å²) >= 11 is 0.850. The Morgan fingerprint density at radius 1 is 1.14 bits per heavy atom. The zero-order valence-corrected chi connectivity index (χ0v) is 21.1. The minimum absolute atomic E-state index is 0.0611. The first-order valence-corrected chi connectivity index (χ1v) is 12.7. The summed E-state index contributed by atoms with van der Waals surface area (Å²) in [5.41, 5.74) is 2.30. The number of carbonyl (C=O) groups is 2. The fraction of sp³-hybridized carbons (Fsp3) is 0.333. The molecule has 4 N–H and O–H groups in total. The third-order valence-corrected chi connectivity index (χ3v) is 6.70. The lowest BCUT2D eigenvalue weighted by Crippen LogP contribution is -2.32. The van der Waals surface area contributed by atoms with Crippen molar-refractivity contribution in [2.45, 2.75) is 26.2 Å². The molecule has 0 aliphatic carbocycles. The molecule has 0 atom stereocenters. The molecule has 3 aromatic rings. The highest BCUT2D eigenvalue weighted by Crippen LogP contribution is 2.24. The Morgan fingerprint density at radius 2 is 1.92 bits per heavy atom. The van der Waals surface area contributed by atoms with Crippen LogP contribution in [0.1, 0.15) is 34.5 Å². The normalized spacial score (nSPS) is 12.7. The van der Waals surface area contributed by atoms with Gasteiger partial charge < -0.3 is 26.2 Å². The van der Waals surface area contributed by atoms with Crippen molar-refractivity contribution in [3.05, 3.63) is 63.1 Å². The van der Waals surface area contributed by atoms with Crippen molar-refractivity contribution in [3.8, 4) is 0 Å². The van der Waals surface area contributed by atoms with Crippen LogP contribution in [0, 0.1) is 17.0 Å². The second-order valence-electron chi connectivity index (χ2n) is 8.49. The van der Waals surface area contributed by atoms with Crippen LogP contribution < -0.4 is 21.3 Å². The molecule has 194 valence electrons. The molecular weight excluding hydrogens is 496 g/mol. The molecule has 4 rings (SSSR count). The number of nitrogens with zero attached hydrogens (tertiary/aromatic N) is 4. The van der Waals surface area contributed by atoms with E-state index in [1.165, 1.54) is 12.1 Å². The van der Waals surface area contributed by atoms with Gasteiger partial charge in [-0.15, -0.1) is 0 Å². The Labute approximate surface area is 217 Å². The summed E-state index contributed by atoms with van der Waals surface area (Å²) in [5, 5.41) is 22.8. The number of carbonyl (C=O) groups excluding carboxylic acids is 2. The smallest absolute Gasteiger partial charge is 0.324 e. The van der Waals surface area contributed by atoms with E-state index >= 15 is 0 Å². The summed E-state index contributed by atoms with van der Waals surface area (Å²) in [6, 6.07) is 10.1. The van der Waals surface area contributed by atoms with Gasteiger partial charge in [0, 0.05) is 55.4 Å². The molecule has 1 aliphatic heterocycles. The predicted octanol–water partition coefficient (Wildman–Crippen LogP) is 4.36. The van der Waals surface area contributed by atoms with E-state index in [0.717, 1.165) is 48.5 Å². The molecule has 0 radical (unpaired) electrons. The van der Waals surface area contributed by atoms with Gasteiger partial charge in [-0.1, -0.05) is 17.4 Å². The molecule has 2 aromatic heterocycles. The lowest BCUT2D eigenvalue weighted by atomic mass is 10.3. The van der Waals surface area contributed by atoms with E-state index in [0.29, 0.717) is 41.8 Å². The Morgan fingerprint density at radius 3 is 2.68 bits per heavy atom. The van der Waals surface area contributed by atoms with Crippen LogP contribution in [0.4, 0.5) is 32.9 Å². The first-order valence-electron chi connectivity index (χ1n) is 11.9. The molecule has 37 heavy (non-hydrogen) atoms. The van der Waals surface area contributed by atoms with Crippen molar-refractivity contribution in [3.63, 3.8) is 0 Å². The third kappa shape index (κ3) is 7.13. The molecule has 12 nitrogen and oxygen atoms in total. The maximum Gasteiger partial charge on any atom is 0.324 e. The van der Waals surface area contributed by atoms with Gasteiger partial charge in [0.25, 0.3) is 5.91 Å². The highest BCUT2D eigenvalue weighted by atomic mass is 32.1. The number of rotatable bonds is 10. The number of amides is 3. The monoisotopic (exact) mass is 524 g/mol. The van der Waals surface area contributed by atoms with Crippen LogP contribution in [-0.4, -0.2) is 57.9 Å². The molecule has 1 aliphatic rings. The average molecular weight is 525 g/mol. The molecule has 1 fully saturated rings. The van der Waals surface area contributed by atoms with Gasteiger partial charge in [-0.2, -0.15) is 4.98 Å². The van der Waals surface area contributed by atoms with Crippen molar-refractivity contribution in [1.82, 2.24) is 20.2 Å². The zero-order valence-electron chi connectivity index (χ0n) is 20.3. The van der Waals surface area contributed by atoms with Gasteiger partial charge in [0.05, 0.1) is 9.80 Å². The number of aromatic nitrogens is 2. The zero-order chi connectivity index (χ0) is 26.2. The summed E-state index contributed by atoms with van der Waals surface area (Å²) in [5.74, 6) is 0.738. The van der Waals surface area contributed by atoms with Gasteiger partial charge in [0.1, 0.15) is 5.82 Å².